The van der Waals surface area contributed by atoms with E-state index in [0.717, 1.165) is 10.9 Å². The molecule has 0 aliphatic heterocycles. The Labute approximate surface area is 138 Å². The monoisotopic (exact) mass is 329 g/mol. The molecule has 1 atom stereocenters. The topological polar surface area (TPSA) is 62.3 Å². The van der Waals surface area contributed by atoms with E-state index in [-0.39, 0.29) is 6.61 Å². The van der Waals surface area contributed by atoms with Crippen molar-refractivity contribution < 1.29 is 14.6 Å². The summed E-state index contributed by atoms with van der Waals surface area (Å²) in [5.74, 6) is -0.716. The van der Waals surface area contributed by atoms with Gasteiger partial charge in [-0.15, -0.1) is 0 Å². The van der Waals surface area contributed by atoms with Crippen LogP contribution in [0.3, 0.4) is 0 Å². The van der Waals surface area contributed by atoms with Gasteiger partial charge < -0.3 is 14.8 Å². The van der Waals surface area contributed by atoms with Crippen molar-refractivity contribution in [3.63, 3.8) is 0 Å². The number of benzene rings is 2. The lowest BCUT2D eigenvalue weighted by Gasteiger charge is -2.26. The number of hydrogen-bond acceptors (Lipinski definition) is 3. The van der Waals surface area contributed by atoms with E-state index in [9.17, 15) is 9.90 Å². The fraction of sp³-hybridized carbons (Fsp3) is 0.167. The van der Waals surface area contributed by atoms with Crippen molar-refractivity contribution in [1.29, 1.82) is 0 Å². The van der Waals surface area contributed by atoms with Gasteiger partial charge >= 0.3 is 5.97 Å². The Hall–Kier alpha value is -2.30. The van der Waals surface area contributed by atoms with Crippen LogP contribution in [0, 0.1) is 0 Å². The maximum atomic E-state index is 12.6. The smallest absolute Gasteiger partial charge is 0.347 e. The fourth-order valence-corrected chi connectivity index (χ4v) is 2.81. The van der Waals surface area contributed by atoms with E-state index in [1.807, 2.05) is 24.3 Å². The number of nitrogens with one attached hydrogen (secondary N) is 1. The summed E-state index contributed by atoms with van der Waals surface area (Å²) in [5, 5.41) is 12.6. The van der Waals surface area contributed by atoms with E-state index >= 15 is 0 Å². The number of H-pyrrole nitrogens is 1. The number of halogens is 1. The highest BCUT2D eigenvalue weighted by Crippen LogP contribution is 2.36. The number of aliphatic hydroxyl groups is 1. The second-order valence-corrected chi connectivity index (χ2v) is 5.62. The Balaban J connectivity index is 2.23. The highest BCUT2D eigenvalue weighted by atomic mass is 35.5. The molecule has 0 unspecified atom stereocenters. The zero-order valence-corrected chi connectivity index (χ0v) is 13.3. The van der Waals surface area contributed by atoms with Crippen molar-refractivity contribution in [3.05, 3.63) is 70.9 Å². The van der Waals surface area contributed by atoms with Crippen LogP contribution in [0.4, 0.5) is 0 Å². The molecule has 23 heavy (non-hydrogen) atoms. The number of fused-ring (bicyclic) bond motifs is 1. The van der Waals surface area contributed by atoms with Crippen molar-refractivity contribution in [2.45, 2.75) is 12.5 Å². The lowest BCUT2D eigenvalue weighted by atomic mass is 9.86. The van der Waals surface area contributed by atoms with E-state index in [0.29, 0.717) is 16.1 Å². The molecule has 0 aliphatic rings. The van der Waals surface area contributed by atoms with E-state index in [4.69, 9.17) is 16.3 Å². The minimum absolute atomic E-state index is 0.178. The average molecular weight is 330 g/mol. The van der Waals surface area contributed by atoms with Gasteiger partial charge in [0.2, 0.25) is 5.60 Å². The molecule has 2 aromatic carbocycles. The van der Waals surface area contributed by atoms with E-state index in [2.05, 4.69) is 4.98 Å². The van der Waals surface area contributed by atoms with Gasteiger partial charge in [-0.2, -0.15) is 0 Å². The zero-order valence-electron chi connectivity index (χ0n) is 12.5. The van der Waals surface area contributed by atoms with Crippen molar-refractivity contribution in [1.82, 2.24) is 4.98 Å². The van der Waals surface area contributed by atoms with Crippen LogP contribution in [0.25, 0.3) is 10.9 Å². The third-order valence-corrected chi connectivity index (χ3v) is 4.06. The number of rotatable bonds is 4. The van der Waals surface area contributed by atoms with Crippen molar-refractivity contribution in [2.24, 2.45) is 0 Å². The number of hydrogen-bond donors (Lipinski definition) is 2. The second-order valence-electron chi connectivity index (χ2n) is 5.19. The largest absolute Gasteiger partial charge is 0.463 e. The van der Waals surface area contributed by atoms with Gasteiger partial charge in [0.1, 0.15) is 0 Å². The number of esters is 1. The van der Waals surface area contributed by atoms with Crippen LogP contribution in [0.15, 0.2) is 54.7 Å². The Morgan fingerprint density at radius 1 is 1.22 bits per heavy atom. The first-order valence-corrected chi connectivity index (χ1v) is 7.67. The number of carbonyl (C=O) groups excluding carboxylic acids is 1. The highest BCUT2D eigenvalue weighted by Gasteiger charge is 2.43. The first-order valence-electron chi connectivity index (χ1n) is 7.29. The quantitative estimate of drug-likeness (QED) is 0.719. The molecule has 4 nitrogen and oxygen atoms in total. The van der Waals surface area contributed by atoms with Gasteiger partial charge in [0.25, 0.3) is 0 Å². The Kier molecular flexibility index (Phi) is 4.11. The maximum Gasteiger partial charge on any atom is 0.347 e. The van der Waals surface area contributed by atoms with Gasteiger partial charge in [0, 0.05) is 27.7 Å². The molecule has 0 amide bonds. The molecule has 0 saturated carbocycles. The SMILES string of the molecule is CCOC(=O)[C@](O)(c1ccc(Cl)cc1)c1c[nH]c2ccccc12. The molecular formula is C18H16ClNO3. The van der Waals surface area contributed by atoms with Gasteiger partial charge in [-0.1, -0.05) is 41.9 Å². The van der Waals surface area contributed by atoms with Gasteiger partial charge in [-0.05, 0) is 30.7 Å². The molecule has 0 fully saturated rings. The van der Waals surface area contributed by atoms with Crippen LogP contribution < -0.4 is 0 Å². The molecule has 1 aromatic heterocycles. The minimum atomic E-state index is -1.90. The summed E-state index contributed by atoms with van der Waals surface area (Å²) >= 11 is 5.92. The van der Waals surface area contributed by atoms with Crippen molar-refractivity contribution >= 4 is 28.5 Å². The number of carbonyl (C=O) groups is 1. The standard InChI is InChI=1S/C18H16ClNO3/c1-2-23-17(21)18(22,12-7-9-13(19)10-8-12)15-11-20-16-6-4-3-5-14(15)16/h3-11,20,22H,2H2,1H3/t18-/m0/s1. The summed E-state index contributed by atoms with van der Waals surface area (Å²) in [6.45, 7) is 1.88. The molecule has 5 heteroatoms. The lowest BCUT2D eigenvalue weighted by molar-refractivity contribution is -0.161. The number of aromatic nitrogens is 1. The number of ether oxygens (including phenoxy) is 1. The molecule has 0 radical (unpaired) electrons. The Morgan fingerprint density at radius 2 is 1.91 bits per heavy atom. The van der Waals surface area contributed by atoms with Crippen LogP contribution in [0.2, 0.25) is 5.02 Å². The van der Waals surface area contributed by atoms with Crippen LogP contribution >= 0.6 is 11.6 Å². The molecule has 0 spiro atoms. The molecule has 3 aromatic rings. The first-order chi connectivity index (χ1) is 11.1. The summed E-state index contributed by atoms with van der Waals surface area (Å²) in [6, 6.07) is 14.0. The van der Waals surface area contributed by atoms with Crippen LogP contribution in [-0.4, -0.2) is 22.7 Å². The number of aromatic amines is 1. The average Bonchev–Trinajstić information content (AvgIpc) is 2.99. The van der Waals surface area contributed by atoms with E-state index < -0.39 is 11.6 Å². The Bertz CT molecular complexity index is 841. The van der Waals surface area contributed by atoms with E-state index in [1.54, 1.807) is 37.4 Å². The Morgan fingerprint density at radius 3 is 2.61 bits per heavy atom. The molecule has 1 heterocycles. The zero-order chi connectivity index (χ0) is 16.4. The molecule has 2 N–H and O–H groups in total. The van der Waals surface area contributed by atoms with Gasteiger partial charge in [0.15, 0.2) is 0 Å². The highest BCUT2D eigenvalue weighted by molar-refractivity contribution is 6.30. The van der Waals surface area contributed by atoms with Gasteiger partial charge in [-0.25, -0.2) is 4.79 Å². The normalized spacial score (nSPS) is 13.7. The third-order valence-electron chi connectivity index (χ3n) is 3.81. The molecule has 0 saturated heterocycles. The minimum Gasteiger partial charge on any atom is -0.463 e. The molecule has 0 bridgehead atoms. The van der Waals surface area contributed by atoms with Crippen LogP contribution in [-0.2, 0) is 15.1 Å². The fourth-order valence-electron chi connectivity index (χ4n) is 2.68. The van der Waals surface area contributed by atoms with Crippen molar-refractivity contribution in [3.8, 4) is 0 Å². The van der Waals surface area contributed by atoms with Crippen LogP contribution in [0.5, 0.6) is 0 Å². The second kappa shape index (κ2) is 6.07. The molecule has 0 aliphatic carbocycles. The molecule has 118 valence electrons. The van der Waals surface area contributed by atoms with Crippen LogP contribution in [0.1, 0.15) is 18.1 Å². The van der Waals surface area contributed by atoms with Gasteiger partial charge in [-0.3, -0.25) is 0 Å². The summed E-state index contributed by atoms with van der Waals surface area (Å²) in [5.41, 5.74) is -0.210. The van der Waals surface area contributed by atoms with Crippen molar-refractivity contribution in [2.75, 3.05) is 6.61 Å². The first kappa shape index (κ1) is 15.6. The van der Waals surface area contributed by atoms with E-state index in [1.165, 1.54) is 0 Å². The predicted molar refractivity (Wildman–Crippen MR) is 89.4 cm³/mol. The summed E-state index contributed by atoms with van der Waals surface area (Å²) in [6.07, 6.45) is 1.64. The molecular weight excluding hydrogens is 314 g/mol. The number of para-hydroxylation sites is 1. The predicted octanol–water partition coefficient (Wildman–Crippen LogP) is 3.62. The maximum absolute atomic E-state index is 12.6. The third kappa shape index (κ3) is 2.60. The summed E-state index contributed by atoms with van der Waals surface area (Å²) < 4.78 is 5.13. The summed E-state index contributed by atoms with van der Waals surface area (Å²) in [7, 11) is 0. The molecule has 3 rings (SSSR count). The van der Waals surface area contributed by atoms with Gasteiger partial charge in [0.05, 0.1) is 6.61 Å². The lowest BCUT2D eigenvalue weighted by Crippen LogP contribution is -2.38. The summed E-state index contributed by atoms with van der Waals surface area (Å²) in [4.78, 5) is 15.7.